The molecule has 0 fully saturated rings. The third-order valence-corrected chi connectivity index (χ3v) is 4.04. The molecule has 1 heterocycles. The van der Waals surface area contributed by atoms with Gasteiger partial charge in [-0.15, -0.1) is 0 Å². The monoisotopic (exact) mass is 407 g/mol. The molecule has 1 aliphatic heterocycles. The van der Waals surface area contributed by atoms with E-state index in [2.05, 4.69) is 4.99 Å². The summed E-state index contributed by atoms with van der Waals surface area (Å²) in [7, 11) is 0. The molecular formula is C20H16ClF2NO4. The van der Waals surface area contributed by atoms with E-state index in [4.69, 9.17) is 25.8 Å². The molecular weight excluding hydrogens is 392 g/mol. The van der Waals surface area contributed by atoms with E-state index in [1.54, 1.807) is 18.2 Å². The second kappa shape index (κ2) is 8.39. The van der Waals surface area contributed by atoms with Crippen LogP contribution in [-0.2, 0) is 9.53 Å². The number of benzene rings is 2. The SMILES string of the molecule is CCOc1ccc(C=C2N=C(c3cc(F)c(F)cc3Cl)OC2=O)cc1OCC. The molecule has 0 atom stereocenters. The van der Waals surface area contributed by atoms with Crippen LogP contribution in [0.15, 0.2) is 41.0 Å². The van der Waals surface area contributed by atoms with Gasteiger partial charge < -0.3 is 14.2 Å². The molecule has 0 N–H and O–H groups in total. The number of carbonyl (C=O) groups is 1. The number of hydrogen-bond acceptors (Lipinski definition) is 5. The van der Waals surface area contributed by atoms with Crippen LogP contribution < -0.4 is 9.47 Å². The Morgan fingerprint density at radius 3 is 2.46 bits per heavy atom. The topological polar surface area (TPSA) is 57.1 Å². The highest BCUT2D eigenvalue weighted by Gasteiger charge is 2.27. The first-order valence-electron chi connectivity index (χ1n) is 8.50. The molecule has 0 radical (unpaired) electrons. The lowest BCUT2D eigenvalue weighted by Gasteiger charge is -2.11. The number of halogens is 3. The van der Waals surface area contributed by atoms with Gasteiger partial charge in [-0.2, -0.15) is 0 Å². The van der Waals surface area contributed by atoms with Crippen molar-refractivity contribution < 1.29 is 27.8 Å². The van der Waals surface area contributed by atoms with Crippen molar-refractivity contribution in [2.75, 3.05) is 13.2 Å². The van der Waals surface area contributed by atoms with Gasteiger partial charge in [0.05, 0.1) is 23.8 Å². The third kappa shape index (κ3) is 4.14. The zero-order valence-corrected chi connectivity index (χ0v) is 15.8. The minimum atomic E-state index is -1.12. The number of aliphatic imine (C=N–C) groups is 1. The lowest BCUT2D eigenvalue weighted by atomic mass is 10.1. The predicted molar refractivity (Wildman–Crippen MR) is 101 cm³/mol. The second-order valence-corrected chi connectivity index (χ2v) is 6.06. The fraction of sp³-hybridized carbons (Fsp3) is 0.200. The Balaban J connectivity index is 1.95. The molecule has 0 unspecified atom stereocenters. The fourth-order valence-corrected chi connectivity index (χ4v) is 2.76. The van der Waals surface area contributed by atoms with Crippen LogP contribution >= 0.6 is 11.6 Å². The Labute approximate surface area is 165 Å². The molecule has 0 saturated heterocycles. The number of ether oxygens (including phenoxy) is 3. The van der Waals surface area contributed by atoms with Gasteiger partial charge in [0, 0.05) is 0 Å². The van der Waals surface area contributed by atoms with E-state index in [1.165, 1.54) is 6.08 Å². The molecule has 0 spiro atoms. The zero-order valence-electron chi connectivity index (χ0n) is 15.1. The number of carbonyl (C=O) groups excluding carboxylic acids is 1. The van der Waals surface area contributed by atoms with Crippen molar-refractivity contribution in [2.45, 2.75) is 13.8 Å². The van der Waals surface area contributed by atoms with Gasteiger partial charge >= 0.3 is 5.97 Å². The van der Waals surface area contributed by atoms with E-state index in [0.29, 0.717) is 30.3 Å². The highest BCUT2D eigenvalue weighted by molar-refractivity contribution is 6.34. The summed E-state index contributed by atoms with van der Waals surface area (Å²) in [6.45, 7) is 4.63. The van der Waals surface area contributed by atoms with E-state index in [9.17, 15) is 13.6 Å². The lowest BCUT2D eigenvalue weighted by molar-refractivity contribution is -0.129. The van der Waals surface area contributed by atoms with E-state index in [1.807, 2.05) is 13.8 Å². The fourth-order valence-electron chi connectivity index (χ4n) is 2.53. The van der Waals surface area contributed by atoms with Crippen LogP contribution in [0.1, 0.15) is 25.0 Å². The zero-order chi connectivity index (χ0) is 20.3. The van der Waals surface area contributed by atoms with Crippen LogP contribution in [0.25, 0.3) is 6.08 Å². The molecule has 1 aliphatic rings. The largest absolute Gasteiger partial charge is 0.490 e. The van der Waals surface area contributed by atoms with Gasteiger partial charge in [-0.25, -0.2) is 18.6 Å². The van der Waals surface area contributed by atoms with Gasteiger partial charge in [0.15, 0.2) is 28.8 Å². The van der Waals surface area contributed by atoms with Crippen LogP contribution in [0.4, 0.5) is 8.78 Å². The van der Waals surface area contributed by atoms with Crippen LogP contribution in [0.3, 0.4) is 0 Å². The van der Waals surface area contributed by atoms with Crippen molar-refractivity contribution >= 4 is 29.5 Å². The van der Waals surface area contributed by atoms with Crippen molar-refractivity contribution in [3.8, 4) is 11.5 Å². The molecule has 28 heavy (non-hydrogen) atoms. The van der Waals surface area contributed by atoms with Crippen molar-refractivity contribution in [1.29, 1.82) is 0 Å². The summed E-state index contributed by atoms with van der Waals surface area (Å²) in [5.74, 6) is -2.05. The first-order chi connectivity index (χ1) is 13.4. The highest BCUT2D eigenvalue weighted by atomic mass is 35.5. The number of nitrogens with zero attached hydrogens (tertiary/aromatic N) is 1. The lowest BCUT2D eigenvalue weighted by Crippen LogP contribution is -2.07. The van der Waals surface area contributed by atoms with Crippen molar-refractivity contribution in [3.05, 3.63) is 63.8 Å². The molecule has 5 nitrogen and oxygen atoms in total. The molecule has 146 valence electrons. The number of cyclic esters (lactones) is 1. The molecule has 0 aliphatic carbocycles. The van der Waals surface area contributed by atoms with Gasteiger partial charge in [0.25, 0.3) is 0 Å². The Kier molecular flexibility index (Phi) is 5.94. The van der Waals surface area contributed by atoms with Crippen LogP contribution in [0.2, 0.25) is 5.02 Å². The van der Waals surface area contributed by atoms with Gasteiger partial charge in [0.2, 0.25) is 5.90 Å². The van der Waals surface area contributed by atoms with Crippen molar-refractivity contribution in [1.82, 2.24) is 0 Å². The second-order valence-electron chi connectivity index (χ2n) is 5.65. The summed E-state index contributed by atoms with van der Waals surface area (Å²) in [6, 6.07) is 6.78. The van der Waals surface area contributed by atoms with Crippen LogP contribution in [-0.4, -0.2) is 25.1 Å². The quantitative estimate of drug-likeness (QED) is 0.393. The maximum atomic E-state index is 13.5. The number of esters is 1. The van der Waals surface area contributed by atoms with Gasteiger partial charge in [-0.3, -0.25) is 0 Å². The third-order valence-electron chi connectivity index (χ3n) is 3.73. The first kappa shape index (κ1) is 19.8. The average molecular weight is 408 g/mol. The number of rotatable bonds is 6. The standard InChI is InChI=1S/C20H16ClF2NO4/c1-3-26-17-6-5-11(8-18(17)27-4-2)7-16-20(25)28-19(24-16)12-9-14(22)15(23)10-13(12)21/h5-10H,3-4H2,1-2H3. The molecule has 0 amide bonds. The summed E-state index contributed by atoms with van der Waals surface area (Å²) >= 11 is 5.91. The highest BCUT2D eigenvalue weighted by Crippen LogP contribution is 2.31. The maximum absolute atomic E-state index is 13.5. The molecule has 0 saturated carbocycles. The Morgan fingerprint density at radius 2 is 1.75 bits per heavy atom. The molecule has 2 aromatic rings. The minimum absolute atomic E-state index is 0.0117. The molecule has 8 heteroatoms. The Bertz CT molecular complexity index is 988. The first-order valence-corrected chi connectivity index (χ1v) is 8.87. The number of hydrogen-bond donors (Lipinski definition) is 0. The summed E-state index contributed by atoms with van der Waals surface area (Å²) in [5.41, 5.74) is 0.599. The van der Waals surface area contributed by atoms with E-state index in [-0.39, 0.29) is 22.2 Å². The van der Waals surface area contributed by atoms with Crippen LogP contribution in [0.5, 0.6) is 11.5 Å². The smallest absolute Gasteiger partial charge is 0.363 e. The normalized spacial score (nSPS) is 14.8. The van der Waals surface area contributed by atoms with Gasteiger partial charge in [-0.1, -0.05) is 17.7 Å². The van der Waals surface area contributed by atoms with Crippen LogP contribution in [0, 0.1) is 11.6 Å². The summed E-state index contributed by atoms with van der Waals surface area (Å²) in [6.07, 6.45) is 1.49. The summed E-state index contributed by atoms with van der Waals surface area (Å²) < 4.78 is 42.8. The molecule has 0 aromatic heterocycles. The molecule has 3 rings (SSSR count). The van der Waals surface area contributed by atoms with Crippen molar-refractivity contribution in [2.24, 2.45) is 4.99 Å². The summed E-state index contributed by atoms with van der Waals surface area (Å²) in [5, 5.41) is -0.119. The predicted octanol–water partition coefficient (Wildman–Crippen LogP) is 4.76. The molecule has 2 aromatic carbocycles. The van der Waals surface area contributed by atoms with E-state index < -0.39 is 17.6 Å². The Morgan fingerprint density at radius 1 is 1.07 bits per heavy atom. The Hall–Kier alpha value is -2.93. The van der Waals surface area contributed by atoms with E-state index >= 15 is 0 Å². The van der Waals surface area contributed by atoms with E-state index in [0.717, 1.165) is 12.1 Å². The average Bonchev–Trinajstić information content (AvgIpc) is 3.01. The summed E-state index contributed by atoms with van der Waals surface area (Å²) in [4.78, 5) is 16.2. The van der Waals surface area contributed by atoms with Gasteiger partial charge in [-0.05, 0) is 49.8 Å². The van der Waals surface area contributed by atoms with Crippen molar-refractivity contribution in [3.63, 3.8) is 0 Å². The maximum Gasteiger partial charge on any atom is 0.363 e. The minimum Gasteiger partial charge on any atom is -0.490 e. The van der Waals surface area contributed by atoms with Gasteiger partial charge in [0.1, 0.15) is 0 Å². The molecule has 0 bridgehead atoms.